The topological polar surface area (TPSA) is 158 Å². The van der Waals surface area contributed by atoms with E-state index in [9.17, 15) is 20.4 Å². The number of hydrogen-bond acceptors (Lipinski definition) is 9. The molecular formula is C18H12ClN5O4. The van der Waals surface area contributed by atoms with Crippen LogP contribution < -0.4 is 5.73 Å². The van der Waals surface area contributed by atoms with Gasteiger partial charge in [-0.3, -0.25) is 0 Å². The van der Waals surface area contributed by atoms with Crippen molar-refractivity contribution in [2.75, 3.05) is 5.73 Å². The van der Waals surface area contributed by atoms with E-state index in [0.717, 1.165) is 0 Å². The lowest BCUT2D eigenvalue weighted by Gasteiger charge is -2.13. The van der Waals surface area contributed by atoms with Crippen LogP contribution in [0.4, 0.5) is 5.82 Å². The van der Waals surface area contributed by atoms with Crippen molar-refractivity contribution in [1.29, 1.82) is 0 Å². The molecule has 0 spiro atoms. The lowest BCUT2D eigenvalue weighted by Crippen LogP contribution is -2.01. The van der Waals surface area contributed by atoms with Gasteiger partial charge in [0.05, 0.1) is 10.7 Å². The van der Waals surface area contributed by atoms with E-state index in [1.807, 2.05) is 0 Å². The zero-order valence-corrected chi connectivity index (χ0v) is 14.8. The van der Waals surface area contributed by atoms with E-state index in [4.69, 9.17) is 17.3 Å². The first-order valence-corrected chi connectivity index (χ1v) is 8.26. The fraction of sp³-hybridized carbons (Fsp3) is 0. The van der Waals surface area contributed by atoms with Crippen molar-refractivity contribution in [2.45, 2.75) is 0 Å². The Labute approximate surface area is 162 Å². The average molecular weight is 398 g/mol. The Morgan fingerprint density at radius 2 is 1.57 bits per heavy atom. The maximum absolute atomic E-state index is 10.00. The Hall–Kier alpha value is -3.85. The largest absolute Gasteiger partial charge is 0.504 e. The Bertz CT molecular complexity index is 1250. The van der Waals surface area contributed by atoms with Gasteiger partial charge in [0.1, 0.15) is 12.0 Å². The van der Waals surface area contributed by atoms with E-state index in [1.165, 1.54) is 36.7 Å². The highest BCUT2D eigenvalue weighted by Crippen LogP contribution is 2.43. The summed E-state index contributed by atoms with van der Waals surface area (Å²) < 4.78 is 0. The molecule has 0 amide bonds. The number of nitrogen functional groups attached to an aromatic ring is 1. The number of phenols is 4. The van der Waals surface area contributed by atoms with Crippen molar-refractivity contribution in [3.05, 3.63) is 41.7 Å². The van der Waals surface area contributed by atoms with Gasteiger partial charge in [0, 0.05) is 11.1 Å². The summed E-state index contributed by atoms with van der Waals surface area (Å²) in [6.45, 7) is 0. The van der Waals surface area contributed by atoms with E-state index in [-0.39, 0.29) is 50.5 Å². The molecule has 6 N–H and O–H groups in total. The smallest absolute Gasteiger partial charge is 0.184 e. The summed E-state index contributed by atoms with van der Waals surface area (Å²) in [6.07, 6.45) is 1.23. The second-order valence-corrected chi connectivity index (χ2v) is 6.23. The highest BCUT2D eigenvalue weighted by molar-refractivity contribution is 6.35. The van der Waals surface area contributed by atoms with Crippen LogP contribution in [0.15, 0.2) is 36.7 Å². The molecule has 2 aromatic carbocycles. The number of anilines is 1. The van der Waals surface area contributed by atoms with Gasteiger partial charge in [-0.05, 0) is 30.3 Å². The molecular weight excluding hydrogens is 386 g/mol. The van der Waals surface area contributed by atoms with Crippen molar-refractivity contribution >= 4 is 28.6 Å². The molecule has 0 bridgehead atoms. The van der Waals surface area contributed by atoms with E-state index in [2.05, 4.69) is 19.9 Å². The Morgan fingerprint density at radius 3 is 2.32 bits per heavy atom. The molecule has 0 fully saturated rings. The Balaban J connectivity index is 2.09. The summed E-state index contributed by atoms with van der Waals surface area (Å²) in [5.74, 6) is -1.46. The molecule has 0 unspecified atom stereocenters. The molecule has 9 nitrogen and oxygen atoms in total. The number of phenolic OH excluding ortho intramolecular Hbond substituents is 4. The van der Waals surface area contributed by atoms with Crippen LogP contribution in [0.1, 0.15) is 0 Å². The second kappa shape index (κ2) is 6.39. The van der Waals surface area contributed by atoms with Crippen LogP contribution in [-0.4, -0.2) is 40.4 Å². The fourth-order valence-electron chi connectivity index (χ4n) is 2.69. The molecule has 0 aliphatic carbocycles. The van der Waals surface area contributed by atoms with E-state index in [0.29, 0.717) is 5.56 Å². The Morgan fingerprint density at radius 1 is 0.821 bits per heavy atom. The quantitative estimate of drug-likeness (QED) is 0.320. The minimum atomic E-state index is -0.511. The van der Waals surface area contributed by atoms with Crippen LogP contribution in [0.5, 0.6) is 23.0 Å². The van der Waals surface area contributed by atoms with E-state index < -0.39 is 11.5 Å². The number of hydrogen-bond donors (Lipinski definition) is 5. The number of nitrogens with two attached hydrogens (primary N) is 1. The highest BCUT2D eigenvalue weighted by Gasteiger charge is 2.21. The van der Waals surface area contributed by atoms with Crippen LogP contribution in [-0.2, 0) is 0 Å². The van der Waals surface area contributed by atoms with Gasteiger partial charge in [-0.2, -0.15) is 0 Å². The number of fused-ring (bicyclic) bond motifs is 1. The zero-order valence-electron chi connectivity index (χ0n) is 14.0. The van der Waals surface area contributed by atoms with Gasteiger partial charge in [0.15, 0.2) is 40.0 Å². The van der Waals surface area contributed by atoms with Crippen LogP contribution in [0, 0.1) is 0 Å². The molecule has 0 radical (unpaired) electrons. The predicted molar refractivity (Wildman–Crippen MR) is 102 cm³/mol. The lowest BCUT2D eigenvalue weighted by atomic mass is 10.0. The predicted octanol–water partition coefficient (Wildman–Crippen LogP) is 2.81. The Kier molecular flexibility index (Phi) is 4.01. The number of nitrogens with zero attached hydrogens (tertiary/aromatic N) is 4. The molecule has 0 saturated carbocycles. The molecule has 28 heavy (non-hydrogen) atoms. The summed E-state index contributed by atoms with van der Waals surface area (Å²) in [7, 11) is 0. The van der Waals surface area contributed by atoms with Gasteiger partial charge >= 0.3 is 0 Å². The zero-order chi connectivity index (χ0) is 20.0. The van der Waals surface area contributed by atoms with Crippen LogP contribution >= 0.6 is 11.6 Å². The number of rotatable bonds is 2. The molecule has 10 heteroatoms. The summed E-state index contributed by atoms with van der Waals surface area (Å²) >= 11 is 6.21. The summed E-state index contributed by atoms with van der Waals surface area (Å²) in [4.78, 5) is 16.9. The molecule has 4 aromatic rings. The van der Waals surface area contributed by atoms with Gasteiger partial charge in [-0.25, -0.2) is 19.9 Å². The minimum absolute atomic E-state index is 0.105. The van der Waals surface area contributed by atoms with Crippen molar-refractivity contribution in [3.63, 3.8) is 0 Å². The van der Waals surface area contributed by atoms with Crippen LogP contribution in [0.25, 0.3) is 33.7 Å². The van der Waals surface area contributed by atoms with Gasteiger partial charge in [-0.15, -0.1) is 0 Å². The lowest BCUT2D eigenvalue weighted by molar-refractivity contribution is 0.404. The molecule has 140 valence electrons. The first-order chi connectivity index (χ1) is 13.4. The third kappa shape index (κ3) is 2.74. The van der Waals surface area contributed by atoms with Gasteiger partial charge in [0.2, 0.25) is 0 Å². The average Bonchev–Trinajstić information content (AvgIpc) is 2.68. The van der Waals surface area contributed by atoms with Crippen molar-refractivity contribution < 1.29 is 20.4 Å². The SMILES string of the molecule is Nc1ncnc2nc(-c3ccc(O)c(O)c3Cl)c(-c3ccc(O)c(O)c3)nc12. The minimum Gasteiger partial charge on any atom is -0.504 e. The molecule has 2 aromatic heterocycles. The second-order valence-electron chi connectivity index (χ2n) is 5.85. The van der Waals surface area contributed by atoms with Crippen LogP contribution in [0.3, 0.4) is 0 Å². The maximum atomic E-state index is 10.00. The monoisotopic (exact) mass is 397 g/mol. The van der Waals surface area contributed by atoms with Crippen molar-refractivity contribution in [2.24, 2.45) is 0 Å². The number of aromatic nitrogens is 4. The third-order valence-corrected chi connectivity index (χ3v) is 4.48. The molecule has 2 heterocycles. The van der Waals surface area contributed by atoms with E-state index in [1.54, 1.807) is 0 Å². The summed E-state index contributed by atoms with van der Waals surface area (Å²) in [5.41, 5.74) is 7.43. The molecule has 0 atom stereocenters. The molecule has 0 aliphatic heterocycles. The van der Waals surface area contributed by atoms with Gasteiger partial charge in [-0.1, -0.05) is 11.6 Å². The molecule has 0 saturated heterocycles. The molecule has 4 rings (SSSR count). The standard InChI is InChI=1S/C18H12ClN5O4/c19-12-8(2-4-10(26)16(12)28)14-13(7-1-3-9(25)11(27)5-7)23-15-17(20)21-6-22-18(15)24-14/h1-6,25-28H,(H2,20,21,22,24). The first-order valence-electron chi connectivity index (χ1n) is 7.88. The number of benzene rings is 2. The number of halogens is 1. The molecule has 0 aliphatic rings. The van der Waals surface area contributed by atoms with E-state index >= 15 is 0 Å². The summed E-state index contributed by atoms with van der Waals surface area (Å²) in [5, 5.41) is 39.0. The van der Waals surface area contributed by atoms with Crippen LogP contribution in [0.2, 0.25) is 5.02 Å². The number of aromatic hydroxyl groups is 4. The normalized spacial score (nSPS) is 11.0. The van der Waals surface area contributed by atoms with Crippen molar-refractivity contribution in [1.82, 2.24) is 19.9 Å². The fourth-order valence-corrected chi connectivity index (χ4v) is 2.94. The van der Waals surface area contributed by atoms with Gasteiger partial charge in [0.25, 0.3) is 0 Å². The van der Waals surface area contributed by atoms with Gasteiger partial charge < -0.3 is 26.2 Å². The maximum Gasteiger partial charge on any atom is 0.184 e. The first kappa shape index (κ1) is 17.6. The third-order valence-electron chi connectivity index (χ3n) is 4.10. The highest BCUT2D eigenvalue weighted by atomic mass is 35.5. The summed E-state index contributed by atoms with van der Waals surface area (Å²) in [6, 6.07) is 6.82. The van der Waals surface area contributed by atoms with Crippen molar-refractivity contribution in [3.8, 4) is 45.5 Å².